The van der Waals surface area contributed by atoms with Gasteiger partial charge in [-0.05, 0) is 31.2 Å². The summed E-state index contributed by atoms with van der Waals surface area (Å²) >= 11 is 11.9. The molecule has 0 unspecified atom stereocenters. The van der Waals surface area contributed by atoms with E-state index in [1.807, 2.05) is 0 Å². The maximum Gasteiger partial charge on any atom is 0.338 e. The summed E-state index contributed by atoms with van der Waals surface area (Å²) in [7, 11) is 2.97. The molecule has 2 aromatic rings. The highest BCUT2D eigenvalue weighted by Crippen LogP contribution is 2.30. The number of methoxy groups -OCH3 is 2. The van der Waals surface area contributed by atoms with Gasteiger partial charge < -0.3 is 19.5 Å². The number of rotatable bonds is 6. The highest BCUT2D eigenvalue weighted by Gasteiger charge is 2.16. The van der Waals surface area contributed by atoms with E-state index in [0.717, 1.165) is 5.56 Å². The van der Waals surface area contributed by atoms with Gasteiger partial charge in [0, 0.05) is 5.56 Å². The van der Waals surface area contributed by atoms with Gasteiger partial charge in [-0.3, -0.25) is 4.79 Å². The first-order valence-electron chi connectivity index (χ1n) is 7.51. The standard InChI is InChI=1S/C18H17Cl2NO5/c1-10-14(24-2)7-11(8-15(10)25-3)18(23)26-9-16(22)21-13-6-4-5-12(19)17(13)20/h4-8H,9H2,1-3H3,(H,21,22). The van der Waals surface area contributed by atoms with E-state index in [0.29, 0.717) is 22.2 Å². The summed E-state index contributed by atoms with van der Waals surface area (Å²) in [5, 5.41) is 3.05. The summed E-state index contributed by atoms with van der Waals surface area (Å²) in [6.07, 6.45) is 0. The molecule has 6 nitrogen and oxygen atoms in total. The van der Waals surface area contributed by atoms with Crippen LogP contribution in [-0.2, 0) is 9.53 Å². The highest BCUT2D eigenvalue weighted by atomic mass is 35.5. The Morgan fingerprint density at radius 3 is 2.27 bits per heavy atom. The number of esters is 1. The number of nitrogens with one attached hydrogen (secondary N) is 1. The third-order valence-electron chi connectivity index (χ3n) is 3.55. The van der Waals surface area contributed by atoms with Gasteiger partial charge in [0.2, 0.25) is 0 Å². The van der Waals surface area contributed by atoms with Crippen LogP contribution >= 0.6 is 23.2 Å². The topological polar surface area (TPSA) is 73.9 Å². The summed E-state index contributed by atoms with van der Waals surface area (Å²) in [6.45, 7) is 1.31. The van der Waals surface area contributed by atoms with Gasteiger partial charge >= 0.3 is 5.97 Å². The first-order chi connectivity index (χ1) is 12.4. The number of hydrogen-bond acceptors (Lipinski definition) is 5. The van der Waals surface area contributed by atoms with Crippen molar-refractivity contribution < 1.29 is 23.8 Å². The predicted molar refractivity (Wildman–Crippen MR) is 99.7 cm³/mol. The number of anilines is 1. The van der Waals surface area contributed by atoms with Gasteiger partial charge in [0.25, 0.3) is 5.91 Å². The summed E-state index contributed by atoms with van der Waals surface area (Å²) in [5.74, 6) is -0.277. The van der Waals surface area contributed by atoms with Gasteiger partial charge in [-0.25, -0.2) is 4.79 Å². The van der Waals surface area contributed by atoms with Crippen molar-refractivity contribution in [3.8, 4) is 11.5 Å². The molecule has 1 amide bonds. The van der Waals surface area contributed by atoms with Crippen LogP contribution in [0.2, 0.25) is 10.0 Å². The average molecular weight is 398 g/mol. The van der Waals surface area contributed by atoms with E-state index in [2.05, 4.69) is 5.32 Å². The van der Waals surface area contributed by atoms with Crippen LogP contribution in [-0.4, -0.2) is 32.7 Å². The van der Waals surface area contributed by atoms with E-state index in [1.165, 1.54) is 26.4 Å². The lowest BCUT2D eigenvalue weighted by atomic mass is 10.1. The van der Waals surface area contributed by atoms with Gasteiger partial charge in [-0.1, -0.05) is 29.3 Å². The molecular formula is C18H17Cl2NO5. The van der Waals surface area contributed by atoms with Crippen molar-refractivity contribution in [2.24, 2.45) is 0 Å². The van der Waals surface area contributed by atoms with Crippen LogP contribution in [0.25, 0.3) is 0 Å². The second kappa shape index (κ2) is 8.78. The molecule has 0 heterocycles. The third kappa shape index (κ3) is 4.59. The Morgan fingerprint density at radius 1 is 1.08 bits per heavy atom. The van der Waals surface area contributed by atoms with E-state index >= 15 is 0 Å². The summed E-state index contributed by atoms with van der Waals surface area (Å²) < 4.78 is 15.5. The number of amides is 1. The molecule has 0 saturated carbocycles. The Hall–Kier alpha value is -2.44. The minimum absolute atomic E-state index is 0.206. The van der Waals surface area contributed by atoms with E-state index in [-0.39, 0.29) is 10.6 Å². The minimum Gasteiger partial charge on any atom is -0.496 e. The second-order valence-corrected chi connectivity index (χ2v) is 6.02. The van der Waals surface area contributed by atoms with Crippen molar-refractivity contribution in [1.29, 1.82) is 0 Å². The van der Waals surface area contributed by atoms with Crippen molar-refractivity contribution in [2.45, 2.75) is 6.92 Å². The average Bonchev–Trinajstić information content (AvgIpc) is 2.63. The molecule has 0 bridgehead atoms. The minimum atomic E-state index is -0.686. The highest BCUT2D eigenvalue weighted by molar-refractivity contribution is 6.44. The summed E-state index contributed by atoms with van der Waals surface area (Å²) in [6, 6.07) is 7.86. The van der Waals surface area contributed by atoms with Crippen LogP contribution in [0.15, 0.2) is 30.3 Å². The zero-order chi connectivity index (χ0) is 19.3. The van der Waals surface area contributed by atoms with Crippen LogP contribution in [0.1, 0.15) is 15.9 Å². The number of halogens is 2. The number of ether oxygens (including phenoxy) is 3. The summed E-state index contributed by atoms with van der Waals surface area (Å²) in [5.41, 5.74) is 1.29. The Morgan fingerprint density at radius 2 is 1.69 bits per heavy atom. The molecule has 0 aliphatic heterocycles. The van der Waals surface area contributed by atoms with E-state index in [4.69, 9.17) is 37.4 Å². The van der Waals surface area contributed by atoms with Gasteiger partial charge in [-0.2, -0.15) is 0 Å². The van der Waals surface area contributed by atoms with Crippen molar-refractivity contribution >= 4 is 40.8 Å². The van der Waals surface area contributed by atoms with Crippen LogP contribution in [0.5, 0.6) is 11.5 Å². The maximum atomic E-state index is 12.2. The molecule has 0 aliphatic carbocycles. The Kier molecular flexibility index (Phi) is 6.71. The Bertz CT molecular complexity index is 813. The van der Waals surface area contributed by atoms with E-state index in [9.17, 15) is 9.59 Å². The normalized spacial score (nSPS) is 10.2. The molecule has 0 atom stereocenters. The van der Waals surface area contributed by atoms with Crippen molar-refractivity contribution in [2.75, 3.05) is 26.1 Å². The molecule has 8 heteroatoms. The van der Waals surface area contributed by atoms with Gasteiger partial charge in [-0.15, -0.1) is 0 Å². The van der Waals surface area contributed by atoms with Crippen LogP contribution in [0.3, 0.4) is 0 Å². The Labute approximate surface area is 160 Å². The third-order valence-corrected chi connectivity index (χ3v) is 4.37. The van der Waals surface area contributed by atoms with Crippen LogP contribution in [0.4, 0.5) is 5.69 Å². The van der Waals surface area contributed by atoms with E-state index in [1.54, 1.807) is 25.1 Å². The second-order valence-electron chi connectivity index (χ2n) is 5.23. The Balaban J connectivity index is 2.04. The molecule has 0 saturated heterocycles. The molecule has 2 aromatic carbocycles. The van der Waals surface area contributed by atoms with E-state index < -0.39 is 18.5 Å². The number of carbonyl (C=O) groups is 2. The monoisotopic (exact) mass is 397 g/mol. The van der Waals surface area contributed by atoms with Crippen molar-refractivity contribution in [3.63, 3.8) is 0 Å². The maximum absolute atomic E-state index is 12.2. The van der Waals surface area contributed by atoms with Crippen LogP contribution < -0.4 is 14.8 Å². The van der Waals surface area contributed by atoms with Gasteiger partial charge in [0.1, 0.15) is 11.5 Å². The molecule has 2 rings (SSSR count). The largest absolute Gasteiger partial charge is 0.496 e. The molecule has 0 fully saturated rings. The SMILES string of the molecule is COc1cc(C(=O)OCC(=O)Nc2cccc(Cl)c2Cl)cc(OC)c1C. The smallest absolute Gasteiger partial charge is 0.338 e. The number of carbonyl (C=O) groups excluding carboxylic acids is 2. The molecule has 1 N–H and O–H groups in total. The molecule has 0 aromatic heterocycles. The van der Waals surface area contributed by atoms with Crippen molar-refractivity contribution in [1.82, 2.24) is 0 Å². The lowest BCUT2D eigenvalue weighted by Crippen LogP contribution is -2.21. The molecule has 0 aliphatic rings. The molecule has 26 heavy (non-hydrogen) atoms. The number of hydrogen-bond donors (Lipinski definition) is 1. The van der Waals surface area contributed by atoms with Crippen LogP contribution in [0, 0.1) is 6.92 Å². The fourth-order valence-corrected chi connectivity index (χ4v) is 2.55. The zero-order valence-corrected chi connectivity index (χ0v) is 15.9. The summed E-state index contributed by atoms with van der Waals surface area (Å²) in [4.78, 5) is 24.2. The number of benzene rings is 2. The lowest BCUT2D eigenvalue weighted by molar-refractivity contribution is -0.119. The predicted octanol–water partition coefficient (Wildman–Crippen LogP) is 4.11. The molecule has 0 radical (unpaired) electrons. The van der Waals surface area contributed by atoms with Gasteiger partial charge in [0.15, 0.2) is 6.61 Å². The van der Waals surface area contributed by atoms with Gasteiger partial charge in [0.05, 0.1) is 35.5 Å². The molecule has 138 valence electrons. The zero-order valence-electron chi connectivity index (χ0n) is 14.4. The fourth-order valence-electron chi connectivity index (χ4n) is 2.21. The first-order valence-corrected chi connectivity index (χ1v) is 8.26. The lowest BCUT2D eigenvalue weighted by Gasteiger charge is -2.12. The fraction of sp³-hybridized carbons (Fsp3) is 0.222. The van der Waals surface area contributed by atoms with Crippen molar-refractivity contribution in [3.05, 3.63) is 51.5 Å². The molecular weight excluding hydrogens is 381 g/mol. The quantitative estimate of drug-likeness (QED) is 0.742. The first kappa shape index (κ1) is 19.9. The molecule has 0 spiro atoms.